The Morgan fingerprint density at radius 1 is 1.33 bits per heavy atom. The van der Waals surface area contributed by atoms with Gasteiger partial charge >= 0.3 is 0 Å². The number of hydrogen-bond donors (Lipinski definition) is 2. The summed E-state index contributed by atoms with van der Waals surface area (Å²) in [4.78, 5) is 16.4. The van der Waals surface area contributed by atoms with Crippen LogP contribution < -0.4 is 10.1 Å². The predicted molar refractivity (Wildman–Crippen MR) is 80.8 cm³/mol. The highest BCUT2D eigenvalue weighted by atomic mass is 16.5. The van der Waals surface area contributed by atoms with Gasteiger partial charge in [0.1, 0.15) is 11.6 Å². The molecule has 0 aliphatic rings. The van der Waals surface area contributed by atoms with Gasteiger partial charge < -0.3 is 10.1 Å². The molecule has 21 heavy (non-hydrogen) atoms. The van der Waals surface area contributed by atoms with Crippen LogP contribution in [0.3, 0.4) is 0 Å². The number of H-pyrrole nitrogens is 1. The van der Waals surface area contributed by atoms with Crippen LogP contribution in [-0.2, 0) is 5.41 Å². The third kappa shape index (κ3) is 3.39. The number of benzene rings is 1. The summed E-state index contributed by atoms with van der Waals surface area (Å²) in [5.74, 6) is 1.25. The summed E-state index contributed by atoms with van der Waals surface area (Å²) in [6.45, 7) is 7.92. The van der Waals surface area contributed by atoms with E-state index >= 15 is 0 Å². The summed E-state index contributed by atoms with van der Waals surface area (Å²) < 4.78 is 5.19. The minimum absolute atomic E-state index is 0.133. The molecule has 6 nitrogen and oxygen atoms in total. The lowest BCUT2D eigenvalue weighted by atomic mass is 9.96. The van der Waals surface area contributed by atoms with Crippen LogP contribution in [0.25, 0.3) is 0 Å². The van der Waals surface area contributed by atoms with E-state index in [0.29, 0.717) is 11.5 Å². The van der Waals surface area contributed by atoms with Crippen molar-refractivity contribution in [2.24, 2.45) is 0 Å². The van der Waals surface area contributed by atoms with Crippen molar-refractivity contribution in [2.75, 3.05) is 12.4 Å². The average Bonchev–Trinajstić information content (AvgIpc) is 2.88. The van der Waals surface area contributed by atoms with Crippen molar-refractivity contribution in [2.45, 2.75) is 33.1 Å². The number of aromatic nitrogens is 3. The topological polar surface area (TPSA) is 79.9 Å². The summed E-state index contributed by atoms with van der Waals surface area (Å²) in [7, 11) is 1.61. The summed E-state index contributed by atoms with van der Waals surface area (Å²) >= 11 is 0. The first kappa shape index (κ1) is 15.0. The molecule has 2 rings (SSSR count). The van der Waals surface area contributed by atoms with Crippen LogP contribution >= 0.6 is 0 Å². The second-order valence-corrected chi connectivity index (χ2v) is 5.90. The number of nitrogens with zero attached hydrogens (tertiary/aromatic N) is 2. The molecule has 112 valence electrons. The molecule has 0 saturated heterocycles. The quantitative estimate of drug-likeness (QED) is 0.910. The number of methoxy groups -OCH3 is 1. The van der Waals surface area contributed by atoms with Gasteiger partial charge in [0.2, 0.25) is 5.82 Å². The minimum atomic E-state index is -0.341. The Bertz CT molecular complexity index is 656. The van der Waals surface area contributed by atoms with E-state index in [0.717, 1.165) is 11.3 Å². The van der Waals surface area contributed by atoms with Crippen LogP contribution in [0.5, 0.6) is 5.75 Å². The first-order chi connectivity index (χ1) is 9.81. The van der Waals surface area contributed by atoms with Crippen LogP contribution in [-0.4, -0.2) is 28.2 Å². The van der Waals surface area contributed by atoms with E-state index in [1.807, 2.05) is 39.8 Å². The fraction of sp³-hybridized carbons (Fsp3) is 0.400. The monoisotopic (exact) mass is 288 g/mol. The van der Waals surface area contributed by atoms with Crippen molar-refractivity contribution >= 4 is 11.6 Å². The molecule has 0 saturated carbocycles. The molecule has 1 heterocycles. The summed E-state index contributed by atoms with van der Waals surface area (Å²) in [6.07, 6.45) is 0. The smallest absolute Gasteiger partial charge is 0.295 e. The van der Waals surface area contributed by atoms with E-state index in [1.165, 1.54) is 0 Å². The van der Waals surface area contributed by atoms with Crippen LogP contribution in [0.4, 0.5) is 5.69 Å². The number of anilines is 1. The summed E-state index contributed by atoms with van der Waals surface area (Å²) in [5, 5.41) is 9.54. The number of aromatic amines is 1. The van der Waals surface area contributed by atoms with Gasteiger partial charge in [-0.15, -0.1) is 5.10 Å². The van der Waals surface area contributed by atoms with Gasteiger partial charge in [0, 0.05) is 11.1 Å². The van der Waals surface area contributed by atoms with Gasteiger partial charge in [0.15, 0.2) is 0 Å². The van der Waals surface area contributed by atoms with Crippen molar-refractivity contribution in [3.05, 3.63) is 35.4 Å². The molecule has 1 amide bonds. The zero-order valence-corrected chi connectivity index (χ0v) is 12.9. The van der Waals surface area contributed by atoms with Gasteiger partial charge in [-0.3, -0.25) is 9.89 Å². The molecule has 0 bridgehead atoms. The van der Waals surface area contributed by atoms with E-state index < -0.39 is 0 Å². The van der Waals surface area contributed by atoms with Crippen LogP contribution in [0.2, 0.25) is 0 Å². The van der Waals surface area contributed by atoms with Crippen molar-refractivity contribution < 1.29 is 9.53 Å². The SMILES string of the molecule is COc1ccc(NC(=O)c2n[nH]c(C(C)(C)C)n2)cc1C. The molecule has 1 aromatic carbocycles. The fourth-order valence-corrected chi connectivity index (χ4v) is 1.84. The van der Waals surface area contributed by atoms with Gasteiger partial charge in [-0.25, -0.2) is 4.98 Å². The molecule has 0 unspecified atom stereocenters. The lowest BCUT2D eigenvalue weighted by molar-refractivity contribution is 0.101. The van der Waals surface area contributed by atoms with Gasteiger partial charge in [-0.05, 0) is 30.7 Å². The molecule has 2 N–H and O–H groups in total. The Hall–Kier alpha value is -2.37. The van der Waals surface area contributed by atoms with Gasteiger partial charge in [-0.2, -0.15) is 0 Å². The second-order valence-electron chi connectivity index (χ2n) is 5.90. The van der Waals surface area contributed by atoms with Crippen LogP contribution in [0.1, 0.15) is 42.8 Å². The molecule has 0 radical (unpaired) electrons. The Labute approximate surface area is 123 Å². The first-order valence-corrected chi connectivity index (χ1v) is 6.70. The number of aryl methyl sites for hydroxylation is 1. The zero-order chi connectivity index (χ0) is 15.6. The second kappa shape index (κ2) is 5.55. The maximum Gasteiger partial charge on any atom is 0.295 e. The normalized spacial score (nSPS) is 11.3. The third-order valence-electron chi connectivity index (χ3n) is 3.05. The molecular weight excluding hydrogens is 268 g/mol. The summed E-state index contributed by atoms with van der Waals surface area (Å²) in [5.41, 5.74) is 1.45. The van der Waals surface area contributed by atoms with E-state index in [4.69, 9.17) is 4.74 Å². The maximum absolute atomic E-state index is 12.1. The Morgan fingerprint density at radius 2 is 2.05 bits per heavy atom. The number of ether oxygens (including phenoxy) is 1. The van der Waals surface area contributed by atoms with Crippen LogP contribution in [0, 0.1) is 6.92 Å². The number of amides is 1. The molecule has 0 spiro atoms. The molecular formula is C15H20N4O2. The Morgan fingerprint density at radius 3 is 2.57 bits per heavy atom. The Balaban J connectivity index is 2.14. The first-order valence-electron chi connectivity index (χ1n) is 6.70. The van der Waals surface area contributed by atoms with E-state index in [-0.39, 0.29) is 17.1 Å². The molecule has 0 atom stereocenters. The standard InChI is InChI=1S/C15H20N4O2/c1-9-8-10(6-7-11(9)21-5)16-13(20)12-17-14(19-18-12)15(2,3)4/h6-8H,1-5H3,(H,16,20)(H,17,18,19). The number of hydrogen-bond acceptors (Lipinski definition) is 4. The number of nitrogens with one attached hydrogen (secondary N) is 2. The molecule has 0 aliphatic heterocycles. The summed E-state index contributed by atoms with van der Waals surface area (Å²) in [6, 6.07) is 5.43. The van der Waals surface area contributed by atoms with Gasteiger partial charge in [0.05, 0.1) is 7.11 Å². The lowest BCUT2D eigenvalue weighted by Gasteiger charge is -2.12. The zero-order valence-electron chi connectivity index (χ0n) is 12.9. The maximum atomic E-state index is 12.1. The highest BCUT2D eigenvalue weighted by Gasteiger charge is 2.21. The molecule has 0 aliphatic carbocycles. The third-order valence-corrected chi connectivity index (χ3v) is 3.05. The van der Waals surface area contributed by atoms with Crippen molar-refractivity contribution in [3.8, 4) is 5.75 Å². The predicted octanol–water partition coefficient (Wildman–Crippen LogP) is 2.67. The van der Waals surface area contributed by atoms with Gasteiger partial charge in [0.25, 0.3) is 5.91 Å². The fourth-order valence-electron chi connectivity index (χ4n) is 1.84. The van der Waals surface area contributed by atoms with E-state index in [1.54, 1.807) is 13.2 Å². The van der Waals surface area contributed by atoms with E-state index in [9.17, 15) is 4.79 Å². The molecule has 2 aromatic rings. The highest BCUT2D eigenvalue weighted by molar-refractivity contribution is 6.01. The minimum Gasteiger partial charge on any atom is -0.496 e. The van der Waals surface area contributed by atoms with Crippen molar-refractivity contribution in [1.82, 2.24) is 15.2 Å². The highest BCUT2D eigenvalue weighted by Crippen LogP contribution is 2.22. The largest absolute Gasteiger partial charge is 0.496 e. The Kier molecular flexibility index (Phi) is 3.97. The number of carbonyl (C=O) groups is 1. The number of rotatable bonds is 3. The van der Waals surface area contributed by atoms with E-state index in [2.05, 4.69) is 20.5 Å². The molecule has 6 heteroatoms. The average molecular weight is 288 g/mol. The van der Waals surface area contributed by atoms with Crippen LogP contribution in [0.15, 0.2) is 18.2 Å². The lowest BCUT2D eigenvalue weighted by Crippen LogP contribution is -2.16. The van der Waals surface area contributed by atoms with Crippen molar-refractivity contribution in [1.29, 1.82) is 0 Å². The van der Waals surface area contributed by atoms with Gasteiger partial charge in [-0.1, -0.05) is 20.8 Å². The molecule has 1 aromatic heterocycles. The van der Waals surface area contributed by atoms with Crippen molar-refractivity contribution in [3.63, 3.8) is 0 Å². The molecule has 0 fully saturated rings. The number of carbonyl (C=O) groups excluding carboxylic acids is 1.